The third-order valence-electron chi connectivity index (χ3n) is 4.76. The second-order valence-corrected chi connectivity index (χ2v) is 8.43. The number of sulfonamides is 1. The van der Waals surface area contributed by atoms with Crippen molar-refractivity contribution in [1.82, 2.24) is 4.98 Å². The van der Waals surface area contributed by atoms with Crippen molar-refractivity contribution in [2.75, 3.05) is 4.72 Å². The van der Waals surface area contributed by atoms with Gasteiger partial charge in [-0.2, -0.15) is 5.26 Å². The highest BCUT2D eigenvalue weighted by Crippen LogP contribution is 2.39. The summed E-state index contributed by atoms with van der Waals surface area (Å²) in [7, 11) is -3.88. The minimum atomic E-state index is -3.88. The molecule has 2 atom stereocenters. The lowest BCUT2D eigenvalue weighted by Gasteiger charge is -2.11. The summed E-state index contributed by atoms with van der Waals surface area (Å²) in [5.41, 5.74) is 9.05. The predicted molar refractivity (Wildman–Crippen MR) is 107 cm³/mol. The zero-order valence-electron chi connectivity index (χ0n) is 14.9. The molecule has 0 aliphatic heterocycles. The number of benzene rings is 2. The monoisotopic (exact) mass is 390 g/mol. The Morgan fingerprint density at radius 1 is 1.11 bits per heavy atom. The second-order valence-electron chi connectivity index (χ2n) is 6.78. The van der Waals surface area contributed by atoms with Crippen LogP contribution in [0.15, 0.2) is 71.8 Å². The number of hydrogen-bond donors (Lipinski definition) is 2. The van der Waals surface area contributed by atoms with Gasteiger partial charge >= 0.3 is 0 Å². The van der Waals surface area contributed by atoms with Gasteiger partial charge in [0.05, 0.1) is 11.3 Å². The van der Waals surface area contributed by atoms with Gasteiger partial charge in [0.1, 0.15) is 11.0 Å². The second kappa shape index (κ2) is 7.08. The van der Waals surface area contributed by atoms with Crippen molar-refractivity contribution in [2.24, 2.45) is 5.73 Å². The average molecular weight is 390 g/mol. The van der Waals surface area contributed by atoms with E-state index >= 15 is 0 Å². The van der Waals surface area contributed by atoms with Crippen LogP contribution in [0, 0.1) is 11.3 Å². The van der Waals surface area contributed by atoms with Crippen molar-refractivity contribution in [1.29, 1.82) is 5.26 Å². The quantitative estimate of drug-likeness (QED) is 0.695. The number of nitriles is 1. The molecule has 1 saturated carbocycles. The van der Waals surface area contributed by atoms with Crippen LogP contribution in [0.4, 0.5) is 5.69 Å². The zero-order chi connectivity index (χ0) is 19.7. The van der Waals surface area contributed by atoms with Crippen LogP contribution in [-0.2, 0) is 10.0 Å². The molecule has 0 radical (unpaired) electrons. The Morgan fingerprint density at radius 3 is 2.57 bits per heavy atom. The third-order valence-corrected chi connectivity index (χ3v) is 6.20. The first-order chi connectivity index (χ1) is 13.5. The third kappa shape index (κ3) is 3.60. The lowest BCUT2D eigenvalue weighted by atomic mass is 10.1. The number of hydrogen-bond acceptors (Lipinski definition) is 5. The topological polar surface area (TPSA) is 109 Å². The Kier molecular flexibility index (Phi) is 4.59. The molecular weight excluding hydrogens is 372 g/mol. The smallest absolute Gasteiger partial charge is 0.263 e. The maximum atomic E-state index is 12.7. The molecule has 28 heavy (non-hydrogen) atoms. The van der Waals surface area contributed by atoms with Crippen LogP contribution < -0.4 is 10.5 Å². The number of aromatic nitrogens is 1. The molecule has 0 amide bonds. The highest BCUT2D eigenvalue weighted by Gasteiger charge is 2.34. The number of rotatable bonds is 5. The highest BCUT2D eigenvalue weighted by molar-refractivity contribution is 7.92. The molecule has 0 saturated heterocycles. The van der Waals surface area contributed by atoms with Gasteiger partial charge in [0.2, 0.25) is 0 Å². The maximum Gasteiger partial charge on any atom is 0.263 e. The Bertz CT molecular complexity index is 1170. The van der Waals surface area contributed by atoms with Crippen molar-refractivity contribution in [3.05, 3.63) is 78.0 Å². The Hall–Kier alpha value is -3.21. The fourth-order valence-corrected chi connectivity index (χ4v) is 4.35. The van der Waals surface area contributed by atoms with E-state index in [1.165, 1.54) is 12.1 Å². The number of nitrogens with one attached hydrogen (secondary N) is 1. The van der Waals surface area contributed by atoms with Crippen molar-refractivity contribution >= 4 is 15.7 Å². The molecule has 6 nitrogen and oxygen atoms in total. The minimum Gasteiger partial charge on any atom is -0.327 e. The molecule has 1 aliphatic carbocycles. The van der Waals surface area contributed by atoms with Gasteiger partial charge in [-0.1, -0.05) is 30.3 Å². The molecule has 1 heterocycles. The molecular formula is C21H18N4O2S. The molecule has 1 aliphatic rings. The lowest BCUT2D eigenvalue weighted by molar-refractivity contribution is 0.601. The lowest BCUT2D eigenvalue weighted by Crippen LogP contribution is -2.14. The van der Waals surface area contributed by atoms with E-state index in [1.54, 1.807) is 30.3 Å². The Morgan fingerprint density at radius 2 is 1.89 bits per heavy atom. The fraction of sp³-hybridized carbons (Fsp3) is 0.143. The number of nitrogens with zero attached hydrogens (tertiary/aromatic N) is 2. The van der Waals surface area contributed by atoms with Gasteiger partial charge < -0.3 is 5.73 Å². The van der Waals surface area contributed by atoms with Gasteiger partial charge in [-0.15, -0.1) is 0 Å². The number of nitrogens with two attached hydrogens (primary N) is 1. The summed E-state index contributed by atoms with van der Waals surface area (Å²) in [4.78, 5) is 4.44. The maximum absolute atomic E-state index is 12.7. The summed E-state index contributed by atoms with van der Waals surface area (Å²) < 4.78 is 27.9. The van der Waals surface area contributed by atoms with Crippen LogP contribution in [0.2, 0.25) is 0 Å². The molecule has 7 heteroatoms. The van der Waals surface area contributed by atoms with Gasteiger partial charge in [-0.3, -0.25) is 9.71 Å². The van der Waals surface area contributed by atoms with Gasteiger partial charge in [0, 0.05) is 29.4 Å². The molecule has 4 rings (SSSR count). The van der Waals surface area contributed by atoms with E-state index in [0.717, 1.165) is 23.2 Å². The van der Waals surface area contributed by atoms with E-state index in [0.29, 0.717) is 11.6 Å². The highest BCUT2D eigenvalue weighted by atomic mass is 32.2. The standard InChI is InChI=1S/C21H18N4O2S/c22-12-15-4-1-2-7-21(15)28(26,27)25-17-6-3-5-14(10-17)20-9-8-16(13-24-20)18-11-19(18)23/h1-10,13,18-19,25H,11,23H2/t18-,19+/m0/s1. The van der Waals surface area contributed by atoms with Gasteiger partial charge in [0.25, 0.3) is 10.0 Å². The summed E-state index contributed by atoms with van der Waals surface area (Å²) in [6.45, 7) is 0. The Balaban J connectivity index is 1.59. The van der Waals surface area contributed by atoms with E-state index in [2.05, 4.69) is 9.71 Å². The first kappa shape index (κ1) is 18.2. The number of pyridine rings is 1. The first-order valence-electron chi connectivity index (χ1n) is 8.82. The van der Waals surface area contributed by atoms with Gasteiger partial charge in [0.15, 0.2) is 0 Å². The van der Waals surface area contributed by atoms with Crippen molar-refractivity contribution in [3.8, 4) is 17.3 Å². The molecule has 3 N–H and O–H groups in total. The van der Waals surface area contributed by atoms with E-state index < -0.39 is 10.0 Å². The van der Waals surface area contributed by atoms with Crippen LogP contribution in [-0.4, -0.2) is 19.4 Å². The number of anilines is 1. The predicted octanol–water partition coefficient (Wildman–Crippen LogP) is 3.24. The largest absolute Gasteiger partial charge is 0.327 e. The van der Waals surface area contributed by atoms with Gasteiger partial charge in [-0.05, 0) is 42.3 Å². The average Bonchev–Trinajstić information content (AvgIpc) is 3.44. The van der Waals surface area contributed by atoms with Crippen LogP contribution in [0.3, 0.4) is 0 Å². The van der Waals surface area contributed by atoms with Crippen molar-refractivity contribution in [3.63, 3.8) is 0 Å². The van der Waals surface area contributed by atoms with E-state index in [9.17, 15) is 8.42 Å². The van der Waals surface area contributed by atoms with E-state index in [-0.39, 0.29) is 16.5 Å². The Labute approximate surface area is 163 Å². The van der Waals surface area contributed by atoms with Crippen LogP contribution in [0.25, 0.3) is 11.3 Å². The summed E-state index contributed by atoms with van der Waals surface area (Å²) in [6.07, 6.45) is 2.81. The van der Waals surface area contributed by atoms with Crippen LogP contribution in [0.5, 0.6) is 0 Å². The zero-order valence-corrected chi connectivity index (χ0v) is 15.7. The summed E-state index contributed by atoms with van der Waals surface area (Å²) >= 11 is 0. The summed E-state index contributed by atoms with van der Waals surface area (Å²) in [6, 6.07) is 19.2. The summed E-state index contributed by atoms with van der Waals surface area (Å²) in [5.74, 6) is 0.389. The van der Waals surface area contributed by atoms with E-state index in [4.69, 9.17) is 11.0 Å². The normalized spacial score (nSPS) is 18.3. The summed E-state index contributed by atoms with van der Waals surface area (Å²) in [5, 5.41) is 9.16. The van der Waals surface area contributed by atoms with Crippen LogP contribution in [0.1, 0.15) is 23.5 Å². The molecule has 0 unspecified atom stereocenters. The van der Waals surface area contributed by atoms with Crippen molar-refractivity contribution < 1.29 is 8.42 Å². The molecule has 140 valence electrons. The SMILES string of the molecule is N#Cc1ccccc1S(=O)(=O)Nc1cccc(-c2ccc([C@@H]3C[C@H]3N)cn2)c1. The van der Waals surface area contributed by atoms with Crippen molar-refractivity contribution in [2.45, 2.75) is 23.3 Å². The molecule has 0 spiro atoms. The van der Waals surface area contributed by atoms with Crippen LogP contribution >= 0.6 is 0 Å². The molecule has 0 bridgehead atoms. The molecule has 2 aromatic carbocycles. The minimum absolute atomic E-state index is 0.0499. The first-order valence-corrected chi connectivity index (χ1v) is 10.3. The molecule has 1 aromatic heterocycles. The fourth-order valence-electron chi connectivity index (χ4n) is 3.14. The van der Waals surface area contributed by atoms with Gasteiger partial charge in [-0.25, -0.2) is 8.42 Å². The molecule has 3 aromatic rings. The van der Waals surface area contributed by atoms with E-state index in [1.807, 2.05) is 30.5 Å². The molecule has 1 fully saturated rings.